The van der Waals surface area contributed by atoms with Crippen molar-refractivity contribution in [2.45, 2.75) is 26.7 Å². The van der Waals surface area contributed by atoms with Gasteiger partial charge in [-0.25, -0.2) is 0 Å². The first kappa shape index (κ1) is 13.1. The number of carboxylic acids is 1. The third kappa shape index (κ3) is 3.52. The number of carbonyl (C=O) groups excluding carboxylic acids is 2. The Labute approximate surface area is 99.3 Å². The van der Waals surface area contributed by atoms with Gasteiger partial charge in [-0.3, -0.25) is 14.4 Å². The summed E-state index contributed by atoms with van der Waals surface area (Å²) < 4.78 is 0. The van der Waals surface area contributed by atoms with Crippen molar-refractivity contribution >= 4 is 17.5 Å². The van der Waals surface area contributed by atoms with Gasteiger partial charge >= 0.3 is 5.97 Å². The van der Waals surface area contributed by atoms with E-state index in [9.17, 15) is 14.4 Å². The lowest BCUT2D eigenvalue weighted by Crippen LogP contribution is -2.16. The number of Topliss-reactive ketones (excluding diaryl/α,β-unsaturated/α-hetero) is 2. The zero-order valence-corrected chi connectivity index (χ0v) is 9.82. The van der Waals surface area contributed by atoms with Crippen LogP contribution in [0.3, 0.4) is 0 Å². The number of hydrogen-bond acceptors (Lipinski definition) is 3. The second kappa shape index (κ2) is 5.39. The fourth-order valence-electron chi connectivity index (χ4n) is 1.46. The van der Waals surface area contributed by atoms with Crippen molar-refractivity contribution < 1.29 is 19.5 Å². The molecule has 1 rings (SSSR count). The Morgan fingerprint density at radius 2 is 1.76 bits per heavy atom. The molecule has 0 aromatic heterocycles. The molecule has 0 saturated carbocycles. The van der Waals surface area contributed by atoms with Crippen LogP contribution in [0.1, 0.15) is 34.3 Å². The molecule has 0 radical (unpaired) electrons. The van der Waals surface area contributed by atoms with Crippen LogP contribution in [0.15, 0.2) is 18.2 Å². The number of aliphatic carboxylic acids is 1. The molecule has 0 spiro atoms. The normalized spacial score (nSPS) is 10.0. The zero-order chi connectivity index (χ0) is 13.0. The lowest BCUT2D eigenvalue weighted by molar-refractivity contribution is -0.138. The molecule has 0 heterocycles. The van der Waals surface area contributed by atoms with Gasteiger partial charge in [0.2, 0.25) is 11.6 Å². The summed E-state index contributed by atoms with van der Waals surface area (Å²) in [7, 11) is 0. The van der Waals surface area contributed by atoms with E-state index in [1.807, 2.05) is 13.0 Å². The Balaban J connectivity index is 2.85. The number of aryl methyl sites for hydroxylation is 2. The van der Waals surface area contributed by atoms with Crippen LogP contribution in [0.4, 0.5) is 0 Å². The molecule has 0 unspecified atom stereocenters. The Hall–Kier alpha value is -1.97. The van der Waals surface area contributed by atoms with Crippen LogP contribution in [0.2, 0.25) is 0 Å². The highest BCUT2D eigenvalue weighted by Gasteiger charge is 2.18. The topological polar surface area (TPSA) is 71.4 Å². The summed E-state index contributed by atoms with van der Waals surface area (Å²) in [4.78, 5) is 33.6. The average molecular weight is 234 g/mol. The predicted octanol–water partition coefficient (Wildman–Crippen LogP) is 1.92. The maximum Gasteiger partial charge on any atom is 0.303 e. The van der Waals surface area contributed by atoms with E-state index in [-0.39, 0.29) is 12.8 Å². The Bertz CT molecular complexity index is 474. The van der Waals surface area contributed by atoms with Gasteiger partial charge in [0.05, 0.1) is 6.42 Å². The highest BCUT2D eigenvalue weighted by Crippen LogP contribution is 2.12. The van der Waals surface area contributed by atoms with Crippen LogP contribution in [-0.2, 0) is 9.59 Å². The van der Waals surface area contributed by atoms with E-state index in [0.717, 1.165) is 11.1 Å². The van der Waals surface area contributed by atoms with Gasteiger partial charge < -0.3 is 5.11 Å². The predicted molar refractivity (Wildman–Crippen MR) is 62.1 cm³/mol. The van der Waals surface area contributed by atoms with E-state index in [2.05, 4.69) is 0 Å². The van der Waals surface area contributed by atoms with Gasteiger partial charge in [0, 0.05) is 12.0 Å². The maximum atomic E-state index is 11.8. The van der Waals surface area contributed by atoms with Gasteiger partial charge in [-0.05, 0) is 25.5 Å². The summed E-state index contributed by atoms with van der Waals surface area (Å²) in [6.07, 6.45) is -0.559. The molecular formula is C13H14O4. The van der Waals surface area contributed by atoms with Crippen molar-refractivity contribution in [2.75, 3.05) is 0 Å². The van der Waals surface area contributed by atoms with Crippen LogP contribution >= 0.6 is 0 Å². The summed E-state index contributed by atoms with van der Waals surface area (Å²) in [5.41, 5.74) is 1.98. The third-order valence-corrected chi connectivity index (χ3v) is 2.46. The molecule has 1 aromatic rings. The molecule has 1 aromatic carbocycles. The van der Waals surface area contributed by atoms with Gasteiger partial charge in [0.15, 0.2) is 0 Å². The lowest BCUT2D eigenvalue weighted by atomic mass is 9.98. The van der Waals surface area contributed by atoms with Gasteiger partial charge in [-0.15, -0.1) is 0 Å². The second-order valence-electron chi connectivity index (χ2n) is 3.96. The van der Waals surface area contributed by atoms with E-state index >= 15 is 0 Å². The van der Waals surface area contributed by atoms with E-state index in [1.54, 1.807) is 19.1 Å². The number of carbonyl (C=O) groups is 3. The van der Waals surface area contributed by atoms with Crippen LogP contribution < -0.4 is 0 Å². The number of benzene rings is 1. The molecule has 0 bridgehead atoms. The molecule has 17 heavy (non-hydrogen) atoms. The van der Waals surface area contributed by atoms with Crippen molar-refractivity contribution in [3.05, 3.63) is 34.9 Å². The number of carboxylic acid groups (broad SMARTS) is 1. The summed E-state index contributed by atoms with van der Waals surface area (Å²) >= 11 is 0. The van der Waals surface area contributed by atoms with Crippen LogP contribution in [0.25, 0.3) is 0 Å². The smallest absolute Gasteiger partial charge is 0.303 e. The third-order valence-electron chi connectivity index (χ3n) is 2.46. The second-order valence-corrected chi connectivity index (χ2v) is 3.96. The minimum atomic E-state index is -1.08. The molecule has 1 N–H and O–H groups in total. The monoisotopic (exact) mass is 234 g/mol. The highest BCUT2D eigenvalue weighted by molar-refractivity contribution is 6.44. The molecule has 4 heteroatoms. The van der Waals surface area contributed by atoms with Gasteiger partial charge in [-0.1, -0.05) is 17.7 Å². The minimum absolute atomic E-state index is 0.248. The molecule has 0 saturated heterocycles. The molecule has 0 atom stereocenters. The lowest BCUT2D eigenvalue weighted by Gasteiger charge is -2.04. The molecular weight excluding hydrogens is 220 g/mol. The fourth-order valence-corrected chi connectivity index (χ4v) is 1.46. The van der Waals surface area contributed by atoms with E-state index in [4.69, 9.17) is 5.11 Å². The van der Waals surface area contributed by atoms with Crippen molar-refractivity contribution in [3.8, 4) is 0 Å². The quantitative estimate of drug-likeness (QED) is 0.624. The summed E-state index contributed by atoms with van der Waals surface area (Å²) in [5.74, 6) is -2.33. The molecule has 0 aliphatic carbocycles. The maximum absolute atomic E-state index is 11.8. The summed E-state index contributed by atoms with van der Waals surface area (Å²) in [5, 5.41) is 8.45. The molecule has 0 aliphatic rings. The van der Waals surface area contributed by atoms with Gasteiger partial charge in [0.25, 0.3) is 0 Å². The molecule has 0 amide bonds. The Kier molecular flexibility index (Phi) is 4.15. The van der Waals surface area contributed by atoms with Crippen LogP contribution in [0, 0.1) is 13.8 Å². The van der Waals surface area contributed by atoms with E-state index in [1.165, 1.54) is 0 Å². The highest BCUT2D eigenvalue weighted by atomic mass is 16.4. The first-order chi connectivity index (χ1) is 7.91. The number of ketones is 2. The van der Waals surface area contributed by atoms with Crippen molar-refractivity contribution in [1.29, 1.82) is 0 Å². The van der Waals surface area contributed by atoms with Crippen LogP contribution in [-0.4, -0.2) is 22.6 Å². The minimum Gasteiger partial charge on any atom is -0.481 e. The molecule has 90 valence electrons. The molecule has 0 aliphatic heterocycles. The standard InChI is InChI=1S/C13H14O4/c1-8-3-4-9(2)10(7-8)13(17)11(14)5-6-12(15)16/h3-4,7H,5-6H2,1-2H3,(H,15,16). The molecule has 0 fully saturated rings. The number of hydrogen-bond donors (Lipinski definition) is 1. The fraction of sp³-hybridized carbons (Fsp3) is 0.308. The van der Waals surface area contributed by atoms with Crippen molar-refractivity contribution in [2.24, 2.45) is 0 Å². The SMILES string of the molecule is Cc1ccc(C)c(C(=O)C(=O)CCC(=O)O)c1. The Morgan fingerprint density at radius 3 is 2.35 bits per heavy atom. The summed E-state index contributed by atoms with van der Waals surface area (Å²) in [6.45, 7) is 3.58. The van der Waals surface area contributed by atoms with Gasteiger partial charge in [-0.2, -0.15) is 0 Å². The van der Waals surface area contributed by atoms with Crippen LogP contribution in [0.5, 0.6) is 0 Å². The first-order valence-corrected chi connectivity index (χ1v) is 5.28. The van der Waals surface area contributed by atoms with Gasteiger partial charge in [0.1, 0.15) is 0 Å². The largest absolute Gasteiger partial charge is 0.481 e. The van der Waals surface area contributed by atoms with E-state index < -0.39 is 17.5 Å². The summed E-state index contributed by atoms with van der Waals surface area (Å²) in [6, 6.07) is 5.28. The van der Waals surface area contributed by atoms with Crippen molar-refractivity contribution in [1.82, 2.24) is 0 Å². The van der Waals surface area contributed by atoms with Crippen molar-refractivity contribution in [3.63, 3.8) is 0 Å². The molecule has 4 nitrogen and oxygen atoms in total. The zero-order valence-electron chi connectivity index (χ0n) is 9.82. The van der Waals surface area contributed by atoms with E-state index in [0.29, 0.717) is 5.56 Å². The average Bonchev–Trinajstić information content (AvgIpc) is 2.28. The Morgan fingerprint density at radius 1 is 1.12 bits per heavy atom. The first-order valence-electron chi connectivity index (χ1n) is 5.28. The number of rotatable bonds is 5.